The summed E-state index contributed by atoms with van der Waals surface area (Å²) in [6, 6.07) is 18.7. The Kier molecular flexibility index (Phi) is 7.46. The number of hydrogen-bond acceptors (Lipinski definition) is 3. The van der Waals surface area contributed by atoms with E-state index in [1.807, 2.05) is 24.3 Å². The molecule has 0 saturated carbocycles. The molecule has 1 heterocycles. The van der Waals surface area contributed by atoms with Gasteiger partial charge in [-0.3, -0.25) is 4.90 Å². The van der Waals surface area contributed by atoms with Crippen molar-refractivity contribution in [1.82, 2.24) is 4.90 Å². The summed E-state index contributed by atoms with van der Waals surface area (Å²) in [5.41, 5.74) is 2.36. The highest BCUT2D eigenvalue weighted by Crippen LogP contribution is 2.28. The van der Waals surface area contributed by atoms with Crippen LogP contribution in [-0.4, -0.2) is 37.7 Å². The van der Waals surface area contributed by atoms with E-state index in [1.165, 1.54) is 11.1 Å². The summed E-state index contributed by atoms with van der Waals surface area (Å²) in [6.07, 6.45) is 8.77. The Morgan fingerprint density at radius 2 is 1.79 bits per heavy atom. The molecule has 0 aliphatic carbocycles. The van der Waals surface area contributed by atoms with Gasteiger partial charge in [-0.05, 0) is 23.3 Å². The number of rotatable bonds is 8. The van der Waals surface area contributed by atoms with Gasteiger partial charge in [0.1, 0.15) is 12.4 Å². The van der Waals surface area contributed by atoms with Crippen LogP contribution < -0.4 is 4.74 Å². The third kappa shape index (κ3) is 6.36. The second kappa shape index (κ2) is 10.3. The Morgan fingerprint density at radius 1 is 1.00 bits per heavy atom. The second-order valence-corrected chi connectivity index (χ2v) is 7.72. The molecule has 2 aromatic rings. The maximum absolute atomic E-state index is 5.98. The number of morpholine rings is 1. The summed E-state index contributed by atoms with van der Waals surface area (Å²) < 4.78 is 11.4. The van der Waals surface area contributed by atoms with Crippen molar-refractivity contribution in [2.75, 3.05) is 32.8 Å². The molecule has 0 amide bonds. The molecule has 1 fully saturated rings. The molecule has 1 aliphatic rings. The fraction of sp³-hybridized carbons (Fsp3) is 0.360. The normalized spacial score (nSPS) is 16.1. The van der Waals surface area contributed by atoms with Gasteiger partial charge in [0.2, 0.25) is 0 Å². The highest BCUT2D eigenvalue weighted by atomic mass is 16.5. The lowest BCUT2D eigenvalue weighted by Gasteiger charge is -2.25. The number of nitrogens with zero attached hydrogens (tertiary/aromatic N) is 1. The SMILES string of the molecule is CC(C)(/C=C/C=C/CN1CCOCC1)c1cccc(OCc2ccccc2)c1. The lowest BCUT2D eigenvalue weighted by Crippen LogP contribution is -2.36. The van der Waals surface area contributed by atoms with Crippen molar-refractivity contribution in [2.45, 2.75) is 25.9 Å². The molecule has 3 heteroatoms. The molecule has 148 valence electrons. The van der Waals surface area contributed by atoms with E-state index in [0.29, 0.717) is 6.61 Å². The molecule has 0 radical (unpaired) electrons. The first-order valence-corrected chi connectivity index (χ1v) is 10.1. The predicted octanol–water partition coefficient (Wildman–Crippen LogP) is 4.99. The lowest BCUT2D eigenvalue weighted by molar-refractivity contribution is 0.0434. The molecule has 0 atom stereocenters. The van der Waals surface area contributed by atoms with Crippen molar-refractivity contribution in [3.63, 3.8) is 0 Å². The Hall–Kier alpha value is -2.36. The van der Waals surface area contributed by atoms with E-state index >= 15 is 0 Å². The van der Waals surface area contributed by atoms with Gasteiger partial charge in [0.25, 0.3) is 0 Å². The summed E-state index contributed by atoms with van der Waals surface area (Å²) in [7, 11) is 0. The maximum atomic E-state index is 5.98. The summed E-state index contributed by atoms with van der Waals surface area (Å²) >= 11 is 0. The van der Waals surface area contributed by atoms with Crippen LogP contribution in [-0.2, 0) is 16.8 Å². The van der Waals surface area contributed by atoms with Crippen LogP contribution in [0, 0.1) is 0 Å². The largest absolute Gasteiger partial charge is 0.489 e. The van der Waals surface area contributed by atoms with Gasteiger partial charge in [0, 0.05) is 25.0 Å². The fourth-order valence-corrected chi connectivity index (χ4v) is 3.19. The third-order valence-corrected chi connectivity index (χ3v) is 5.05. The van der Waals surface area contributed by atoms with Crippen molar-refractivity contribution in [1.29, 1.82) is 0 Å². The summed E-state index contributed by atoms with van der Waals surface area (Å²) in [5.74, 6) is 0.908. The fourth-order valence-electron chi connectivity index (χ4n) is 3.19. The Labute approximate surface area is 169 Å². The zero-order valence-electron chi connectivity index (χ0n) is 17.0. The van der Waals surface area contributed by atoms with Crippen molar-refractivity contribution in [3.8, 4) is 5.75 Å². The minimum atomic E-state index is -0.0601. The van der Waals surface area contributed by atoms with Crippen molar-refractivity contribution < 1.29 is 9.47 Å². The van der Waals surface area contributed by atoms with Gasteiger partial charge in [-0.15, -0.1) is 0 Å². The minimum absolute atomic E-state index is 0.0601. The standard InChI is InChI=1S/C25H31NO2/c1-25(2,14-7-4-8-15-26-16-18-27-19-17-26)23-12-9-13-24(20-23)28-21-22-10-5-3-6-11-22/h3-14,20H,15-19,21H2,1-2H3/b8-4+,14-7+. The molecule has 0 bridgehead atoms. The van der Waals surface area contributed by atoms with E-state index in [0.717, 1.165) is 38.6 Å². The van der Waals surface area contributed by atoms with E-state index in [4.69, 9.17) is 9.47 Å². The monoisotopic (exact) mass is 377 g/mol. The molecule has 0 spiro atoms. The zero-order valence-corrected chi connectivity index (χ0v) is 17.0. The average Bonchev–Trinajstić information content (AvgIpc) is 2.74. The molecule has 3 rings (SSSR count). The molecule has 0 unspecified atom stereocenters. The summed E-state index contributed by atoms with van der Waals surface area (Å²) in [6.45, 7) is 9.77. The van der Waals surface area contributed by atoms with Crippen LogP contribution in [0.2, 0.25) is 0 Å². The molecule has 1 aliphatic heterocycles. The molecule has 28 heavy (non-hydrogen) atoms. The van der Waals surface area contributed by atoms with E-state index in [2.05, 4.69) is 73.4 Å². The Morgan fingerprint density at radius 3 is 2.57 bits per heavy atom. The first-order valence-electron chi connectivity index (χ1n) is 10.1. The van der Waals surface area contributed by atoms with Gasteiger partial charge in [-0.25, -0.2) is 0 Å². The van der Waals surface area contributed by atoms with Crippen LogP contribution >= 0.6 is 0 Å². The van der Waals surface area contributed by atoms with E-state index < -0.39 is 0 Å². The van der Waals surface area contributed by atoms with Gasteiger partial charge >= 0.3 is 0 Å². The van der Waals surface area contributed by atoms with Gasteiger partial charge < -0.3 is 9.47 Å². The van der Waals surface area contributed by atoms with Crippen LogP contribution in [0.4, 0.5) is 0 Å². The molecular formula is C25H31NO2. The van der Waals surface area contributed by atoms with Crippen molar-refractivity contribution in [3.05, 3.63) is 90.0 Å². The predicted molar refractivity (Wildman–Crippen MR) is 116 cm³/mol. The van der Waals surface area contributed by atoms with E-state index in [-0.39, 0.29) is 5.41 Å². The number of hydrogen-bond donors (Lipinski definition) is 0. The molecule has 3 nitrogen and oxygen atoms in total. The lowest BCUT2D eigenvalue weighted by atomic mass is 9.84. The van der Waals surface area contributed by atoms with E-state index in [1.54, 1.807) is 0 Å². The van der Waals surface area contributed by atoms with Crippen molar-refractivity contribution >= 4 is 0 Å². The molecule has 0 N–H and O–H groups in total. The minimum Gasteiger partial charge on any atom is -0.489 e. The first kappa shape index (κ1) is 20.4. The molecular weight excluding hydrogens is 346 g/mol. The Balaban J connectivity index is 1.54. The molecule has 2 aromatic carbocycles. The Bertz CT molecular complexity index is 774. The highest BCUT2D eigenvalue weighted by Gasteiger charge is 2.17. The summed E-state index contributed by atoms with van der Waals surface area (Å²) in [5, 5.41) is 0. The van der Waals surface area contributed by atoms with Crippen LogP contribution in [0.25, 0.3) is 0 Å². The van der Waals surface area contributed by atoms with E-state index in [9.17, 15) is 0 Å². The quantitative estimate of drug-likeness (QED) is 0.605. The molecule has 0 aromatic heterocycles. The molecule has 1 saturated heterocycles. The third-order valence-electron chi connectivity index (χ3n) is 5.05. The maximum Gasteiger partial charge on any atom is 0.120 e. The summed E-state index contributed by atoms with van der Waals surface area (Å²) in [4.78, 5) is 2.41. The smallest absolute Gasteiger partial charge is 0.120 e. The highest BCUT2D eigenvalue weighted by molar-refractivity contribution is 5.36. The topological polar surface area (TPSA) is 21.7 Å². The number of ether oxygens (including phenoxy) is 2. The zero-order chi connectivity index (χ0) is 19.7. The van der Waals surface area contributed by atoms with Gasteiger partial charge in [0.05, 0.1) is 13.2 Å². The van der Waals surface area contributed by atoms with Crippen LogP contribution in [0.15, 0.2) is 78.9 Å². The van der Waals surface area contributed by atoms with Gasteiger partial charge in [0.15, 0.2) is 0 Å². The number of allylic oxidation sites excluding steroid dienone is 3. The van der Waals surface area contributed by atoms with Crippen molar-refractivity contribution in [2.24, 2.45) is 0 Å². The van der Waals surface area contributed by atoms with Crippen LogP contribution in [0.3, 0.4) is 0 Å². The van der Waals surface area contributed by atoms with Crippen LogP contribution in [0.1, 0.15) is 25.0 Å². The average molecular weight is 378 g/mol. The van der Waals surface area contributed by atoms with Crippen LogP contribution in [0.5, 0.6) is 5.75 Å². The van der Waals surface area contributed by atoms with Gasteiger partial charge in [-0.1, -0.05) is 80.6 Å². The van der Waals surface area contributed by atoms with Gasteiger partial charge in [-0.2, -0.15) is 0 Å². The number of benzene rings is 2. The second-order valence-electron chi connectivity index (χ2n) is 7.72. The first-order chi connectivity index (χ1) is 13.6.